The Balaban J connectivity index is 1.71. The molecule has 1 aliphatic heterocycles. The maximum Gasteiger partial charge on any atom is 0.125 e. The molecule has 1 aromatic rings. The Morgan fingerprint density at radius 1 is 1.47 bits per heavy atom. The van der Waals surface area contributed by atoms with Crippen molar-refractivity contribution in [1.82, 2.24) is 10.3 Å². The molecular formula is C13H18N2O2. The Morgan fingerprint density at radius 3 is 2.82 bits per heavy atom. The van der Waals surface area contributed by atoms with Gasteiger partial charge in [-0.05, 0) is 18.9 Å². The molecule has 0 amide bonds. The summed E-state index contributed by atoms with van der Waals surface area (Å²) in [5, 5.41) is 13.8. The lowest BCUT2D eigenvalue weighted by Crippen LogP contribution is -2.67. The van der Waals surface area contributed by atoms with Gasteiger partial charge in [-0.3, -0.25) is 4.98 Å². The second-order valence-electron chi connectivity index (χ2n) is 5.55. The van der Waals surface area contributed by atoms with Crippen molar-refractivity contribution in [3.05, 3.63) is 24.0 Å². The molecule has 0 bridgehead atoms. The van der Waals surface area contributed by atoms with E-state index in [2.05, 4.69) is 10.3 Å². The van der Waals surface area contributed by atoms with E-state index in [1.807, 2.05) is 6.07 Å². The van der Waals surface area contributed by atoms with Crippen molar-refractivity contribution < 1.29 is 9.84 Å². The highest BCUT2D eigenvalue weighted by Gasteiger charge is 2.56. The molecule has 3 rings (SSSR count). The van der Waals surface area contributed by atoms with Crippen molar-refractivity contribution in [2.24, 2.45) is 5.41 Å². The number of aromatic nitrogens is 1. The van der Waals surface area contributed by atoms with Gasteiger partial charge in [-0.2, -0.15) is 0 Å². The zero-order valence-electron chi connectivity index (χ0n) is 10.1. The second-order valence-corrected chi connectivity index (χ2v) is 5.55. The Hall–Kier alpha value is -1.13. The Kier molecular flexibility index (Phi) is 2.38. The number of methoxy groups -OCH3 is 1. The van der Waals surface area contributed by atoms with Crippen LogP contribution in [0.5, 0.6) is 5.75 Å². The summed E-state index contributed by atoms with van der Waals surface area (Å²) in [6.07, 6.45) is 5.94. The van der Waals surface area contributed by atoms with Crippen LogP contribution in [0.15, 0.2) is 18.5 Å². The van der Waals surface area contributed by atoms with E-state index in [4.69, 9.17) is 4.74 Å². The van der Waals surface area contributed by atoms with Gasteiger partial charge in [0.1, 0.15) is 5.75 Å². The topological polar surface area (TPSA) is 54.4 Å². The first-order chi connectivity index (χ1) is 8.15. The van der Waals surface area contributed by atoms with Gasteiger partial charge in [-0.1, -0.05) is 0 Å². The van der Waals surface area contributed by atoms with Crippen LogP contribution in [0.2, 0.25) is 0 Å². The molecule has 17 heavy (non-hydrogen) atoms. The molecule has 0 unspecified atom stereocenters. The number of hydrogen-bond donors (Lipinski definition) is 2. The van der Waals surface area contributed by atoms with Gasteiger partial charge in [0.05, 0.1) is 12.7 Å². The predicted octanol–water partition coefficient (Wildman–Crippen LogP) is 0.747. The van der Waals surface area contributed by atoms with Gasteiger partial charge in [-0.15, -0.1) is 0 Å². The summed E-state index contributed by atoms with van der Waals surface area (Å²) in [5.74, 6) is 0.820. The molecule has 1 aromatic heterocycles. The molecule has 0 atom stereocenters. The molecule has 4 nitrogen and oxygen atoms in total. The van der Waals surface area contributed by atoms with Crippen LogP contribution in [0.1, 0.15) is 18.4 Å². The number of pyridine rings is 1. The average Bonchev–Trinajstić information content (AvgIpc) is 2.24. The highest BCUT2D eigenvalue weighted by molar-refractivity contribution is 5.32. The maximum atomic E-state index is 10.5. The molecule has 4 heteroatoms. The first-order valence-electron chi connectivity index (χ1n) is 6.05. The zero-order chi connectivity index (χ0) is 11.9. The summed E-state index contributed by atoms with van der Waals surface area (Å²) >= 11 is 0. The van der Waals surface area contributed by atoms with Gasteiger partial charge in [0.25, 0.3) is 0 Å². The van der Waals surface area contributed by atoms with E-state index in [9.17, 15) is 5.11 Å². The number of nitrogens with zero attached hydrogens (tertiary/aromatic N) is 1. The fraction of sp³-hybridized carbons (Fsp3) is 0.615. The lowest BCUT2D eigenvalue weighted by molar-refractivity contribution is -0.148. The molecule has 0 aromatic carbocycles. The first kappa shape index (κ1) is 11.0. The van der Waals surface area contributed by atoms with Crippen LogP contribution in [0.3, 0.4) is 0 Å². The van der Waals surface area contributed by atoms with Crippen LogP contribution in [0.25, 0.3) is 0 Å². The molecule has 92 valence electrons. The second kappa shape index (κ2) is 3.68. The van der Waals surface area contributed by atoms with Crippen molar-refractivity contribution in [1.29, 1.82) is 0 Å². The fourth-order valence-electron chi connectivity index (χ4n) is 3.30. The van der Waals surface area contributed by atoms with E-state index in [0.717, 1.165) is 37.2 Å². The van der Waals surface area contributed by atoms with Gasteiger partial charge in [-0.25, -0.2) is 0 Å². The molecule has 1 saturated carbocycles. The summed E-state index contributed by atoms with van der Waals surface area (Å²) in [7, 11) is 1.65. The SMILES string of the molecule is COc1ccncc1CC1(O)CC2(CNC2)C1. The molecule has 2 N–H and O–H groups in total. The van der Waals surface area contributed by atoms with E-state index < -0.39 is 5.60 Å². The molecular weight excluding hydrogens is 216 g/mol. The molecule has 2 fully saturated rings. The van der Waals surface area contributed by atoms with Crippen molar-refractivity contribution in [2.75, 3.05) is 20.2 Å². The van der Waals surface area contributed by atoms with Crippen LogP contribution >= 0.6 is 0 Å². The summed E-state index contributed by atoms with van der Waals surface area (Å²) in [6, 6.07) is 1.85. The maximum absolute atomic E-state index is 10.5. The van der Waals surface area contributed by atoms with Crippen LogP contribution in [0.4, 0.5) is 0 Å². The molecule has 1 aliphatic carbocycles. The highest BCUT2D eigenvalue weighted by atomic mass is 16.5. The zero-order valence-corrected chi connectivity index (χ0v) is 10.1. The van der Waals surface area contributed by atoms with E-state index in [1.165, 1.54) is 0 Å². The average molecular weight is 234 g/mol. The smallest absolute Gasteiger partial charge is 0.125 e. The molecule has 1 saturated heterocycles. The number of aliphatic hydroxyl groups is 1. The van der Waals surface area contributed by atoms with E-state index >= 15 is 0 Å². The van der Waals surface area contributed by atoms with Gasteiger partial charge in [0.15, 0.2) is 0 Å². The van der Waals surface area contributed by atoms with E-state index in [0.29, 0.717) is 11.8 Å². The molecule has 2 aliphatic rings. The standard InChI is InChI=1S/C13H18N2O2/c1-17-11-2-3-14-5-10(11)4-13(16)6-12(7-13)8-15-9-12/h2-3,5,15-16H,4,6-9H2,1H3. The lowest BCUT2D eigenvalue weighted by atomic mass is 9.54. The number of hydrogen-bond acceptors (Lipinski definition) is 4. The Bertz CT molecular complexity index is 421. The van der Waals surface area contributed by atoms with Crippen molar-refractivity contribution in [2.45, 2.75) is 24.9 Å². The monoisotopic (exact) mass is 234 g/mol. The minimum absolute atomic E-state index is 0.379. The first-order valence-corrected chi connectivity index (χ1v) is 6.05. The summed E-state index contributed by atoms with van der Waals surface area (Å²) in [4.78, 5) is 4.10. The normalized spacial score (nSPS) is 23.9. The summed E-state index contributed by atoms with van der Waals surface area (Å²) < 4.78 is 5.29. The minimum atomic E-state index is -0.557. The van der Waals surface area contributed by atoms with Crippen LogP contribution in [0, 0.1) is 5.41 Å². The van der Waals surface area contributed by atoms with Crippen LogP contribution in [-0.2, 0) is 6.42 Å². The summed E-state index contributed by atoms with van der Waals surface area (Å²) in [6.45, 7) is 2.11. The highest BCUT2D eigenvalue weighted by Crippen LogP contribution is 2.52. The van der Waals surface area contributed by atoms with Gasteiger partial charge in [0.2, 0.25) is 0 Å². The largest absolute Gasteiger partial charge is 0.496 e. The third kappa shape index (κ3) is 1.81. The Morgan fingerprint density at radius 2 is 2.24 bits per heavy atom. The van der Waals surface area contributed by atoms with Crippen molar-refractivity contribution >= 4 is 0 Å². The molecule has 1 spiro atoms. The van der Waals surface area contributed by atoms with E-state index in [-0.39, 0.29) is 0 Å². The number of nitrogens with one attached hydrogen (secondary N) is 1. The third-order valence-electron chi connectivity index (χ3n) is 4.01. The molecule has 0 radical (unpaired) electrons. The van der Waals surface area contributed by atoms with E-state index in [1.54, 1.807) is 19.5 Å². The molecule has 2 heterocycles. The number of ether oxygens (including phenoxy) is 1. The van der Waals surface area contributed by atoms with Gasteiger partial charge >= 0.3 is 0 Å². The predicted molar refractivity (Wildman–Crippen MR) is 64.0 cm³/mol. The summed E-state index contributed by atoms with van der Waals surface area (Å²) in [5.41, 5.74) is 0.822. The van der Waals surface area contributed by atoms with Crippen molar-refractivity contribution in [3.63, 3.8) is 0 Å². The van der Waals surface area contributed by atoms with Gasteiger partial charge < -0.3 is 15.2 Å². The fourth-order valence-corrected chi connectivity index (χ4v) is 3.30. The number of rotatable bonds is 3. The third-order valence-corrected chi connectivity index (χ3v) is 4.01. The lowest BCUT2D eigenvalue weighted by Gasteiger charge is -2.59. The van der Waals surface area contributed by atoms with Crippen LogP contribution < -0.4 is 10.1 Å². The quantitative estimate of drug-likeness (QED) is 0.810. The van der Waals surface area contributed by atoms with Crippen molar-refractivity contribution in [3.8, 4) is 5.75 Å². The minimum Gasteiger partial charge on any atom is -0.496 e. The van der Waals surface area contributed by atoms with Gasteiger partial charge in [0, 0.05) is 42.9 Å². The Labute approximate surface area is 101 Å². The van der Waals surface area contributed by atoms with Crippen LogP contribution in [-0.4, -0.2) is 35.9 Å².